The minimum absolute atomic E-state index is 0.0541. The van der Waals surface area contributed by atoms with Crippen molar-refractivity contribution in [3.8, 4) is 0 Å². The van der Waals surface area contributed by atoms with E-state index >= 15 is 0 Å². The van der Waals surface area contributed by atoms with Gasteiger partial charge in [-0.15, -0.1) is 0 Å². The molecule has 7 heteroatoms. The van der Waals surface area contributed by atoms with E-state index in [1.165, 1.54) is 0 Å². The molecule has 1 saturated heterocycles. The molecule has 0 bridgehead atoms. The van der Waals surface area contributed by atoms with Gasteiger partial charge in [0.25, 0.3) is 5.91 Å². The monoisotopic (exact) mass is 356 g/mol. The Kier molecular flexibility index (Phi) is 5.19. The highest BCUT2D eigenvalue weighted by atomic mass is 79.9. The van der Waals surface area contributed by atoms with Gasteiger partial charge in [-0.2, -0.15) is 0 Å². The molecule has 1 aliphatic heterocycles. The number of anilines is 1. The Morgan fingerprint density at radius 2 is 2.05 bits per heavy atom. The number of carboxylic acids is 1. The summed E-state index contributed by atoms with van der Waals surface area (Å²) >= 11 is 3.35. The van der Waals surface area contributed by atoms with Gasteiger partial charge in [0.1, 0.15) is 6.61 Å². The molecule has 0 saturated carbocycles. The number of carboxylic acid groups (broad SMARTS) is 1. The average molecular weight is 357 g/mol. The number of hydrogen-bond acceptors (Lipinski definition) is 4. The molecule has 0 aliphatic carbocycles. The fourth-order valence-corrected chi connectivity index (χ4v) is 3.02. The van der Waals surface area contributed by atoms with Crippen LogP contribution in [-0.4, -0.2) is 42.8 Å². The number of primary amides is 1. The molecule has 0 atom stereocenters. The molecular weight excluding hydrogens is 340 g/mol. The van der Waals surface area contributed by atoms with Gasteiger partial charge in [0.2, 0.25) is 0 Å². The summed E-state index contributed by atoms with van der Waals surface area (Å²) in [7, 11) is 0. The van der Waals surface area contributed by atoms with E-state index in [1.807, 2.05) is 12.1 Å². The Morgan fingerprint density at radius 1 is 1.38 bits per heavy atom. The van der Waals surface area contributed by atoms with E-state index in [4.69, 9.17) is 15.6 Å². The number of hydrogen-bond donors (Lipinski definition) is 2. The summed E-state index contributed by atoms with van der Waals surface area (Å²) < 4.78 is 5.98. The number of carbonyl (C=O) groups is 2. The van der Waals surface area contributed by atoms with Crippen LogP contribution in [0.3, 0.4) is 0 Å². The minimum atomic E-state index is -0.958. The fourth-order valence-electron chi connectivity index (χ4n) is 2.47. The molecular formula is C14H17BrN2O4. The summed E-state index contributed by atoms with van der Waals surface area (Å²) in [5.74, 6) is -1.43. The van der Waals surface area contributed by atoms with Crippen molar-refractivity contribution in [1.29, 1.82) is 0 Å². The molecule has 114 valence electrons. The summed E-state index contributed by atoms with van der Waals surface area (Å²) in [6.45, 7) is 1.12. The van der Waals surface area contributed by atoms with Crippen molar-refractivity contribution in [2.45, 2.75) is 18.9 Å². The maximum absolute atomic E-state index is 11.6. The zero-order chi connectivity index (χ0) is 15.4. The molecule has 1 aliphatic rings. The predicted octanol–water partition coefficient (Wildman–Crippen LogP) is 1.62. The summed E-state index contributed by atoms with van der Waals surface area (Å²) in [4.78, 5) is 24.2. The van der Waals surface area contributed by atoms with Gasteiger partial charge >= 0.3 is 5.97 Å². The number of carbonyl (C=O) groups excluding carboxylic acids is 1. The zero-order valence-corrected chi connectivity index (χ0v) is 13.0. The van der Waals surface area contributed by atoms with Crippen LogP contribution in [0.4, 0.5) is 5.69 Å². The van der Waals surface area contributed by atoms with E-state index < -0.39 is 11.9 Å². The highest BCUT2D eigenvalue weighted by molar-refractivity contribution is 9.10. The van der Waals surface area contributed by atoms with E-state index in [0.717, 1.165) is 18.5 Å². The second-order valence-corrected chi connectivity index (χ2v) is 5.74. The lowest BCUT2D eigenvalue weighted by Crippen LogP contribution is -2.38. The predicted molar refractivity (Wildman–Crippen MR) is 81.5 cm³/mol. The highest BCUT2D eigenvalue weighted by Crippen LogP contribution is 2.30. The standard InChI is InChI=1S/C14H17BrN2O4/c15-10-2-1-3-11(13(10)14(16)20)17-6-4-9(5-7-17)21-8-12(18)19/h1-3,9H,4-8H2,(H2,16,20)(H,18,19). The SMILES string of the molecule is NC(=O)c1c(Br)cccc1N1CCC(OCC(=O)O)CC1. The van der Waals surface area contributed by atoms with Crippen LogP contribution in [0.1, 0.15) is 23.2 Å². The number of nitrogens with zero attached hydrogens (tertiary/aromatic N) is 1. The molecule has 21 heavy (non-hydrogen) atoms. The highest BCUT2D eigenvalue weighted by Gasteiger charge is 2.24. The molecule has 3 N–H and O–H groups in total. The number of rotatable bonds is 5. The Hall–Kier alpha value is -1.60. The van der Waals surface area contributed by atoms with E-state index in [-0.39, 0.29) is 12.7 Å². The summed E-state index contributed by atoms with van der Waals surface area (Å²) in [6, 6.07) is 5.51. The Bertz CT molecular complexity index is 542. The van der Waals surface area contributed by atoms with E-state index in [9.17, 15) is 9.59 Å². The average Bonchev–Trinajstić information content (AvgIpc) is 2.45. The van der Waals surface area contributed by atoms with E-state index in [1.54, 1.807) is 6.07 Å². The maximum atomic E-state index is 11.6. The first-order valence-electron chi connectivity index (χ1n) is 6.65. The van der Waals surface area contributed by atoms with Gasteiger partial charge in [-0.05, 0) is 40.9 Å². The van der Waals surface area contributed by atoms with Crippen molar-refractivity contribution in [2.75, 3.05) is 24.6 Å². The second-order valence-electron chi connectivity index (χ2n) is 4.89. The Balaban J connectivity index is 2.04. The molecule has 0 spiro atoms. The zero-order valence-electron chi connectivity index (χ0n) is 11.4. The van der Waals surface area contributed by atoms with Gasteiger partial charge in [-0.1, -0.05) is 6.07 Å². The number of amides is 1. The topological polar surface area (TPSA) is 92.9 Å². The van der Waals surface area contributed by atoms with Crippen LogP contribution >= 0.6 is 15.9 Å². The van der Waals surface area contributed by atoms with Crippen molar-refractivity contribution in [1.82, 2.24) is 0 Å². The lowest BCUT2D eigenvalue weighted by molar-refractivity contribution is -0.144. The van der Waals surface area contributed by atoms with Crippen molar-refractivity contribution in [3.63, 3.8) is 0 Å². The smallest absolute Gasteiger partial charge is 0.329 e. The van der Waals surface area contributed by atoms with Crippen LogP contribution < -0.4 is 10.6 Å². The van der Waals surface area contributed by atoms with Crippen LogP contribution in [-0.2, 0) is 9.53 Å². The summed E-state index contributed by atoms with van der Waals surface area (Å²) in [5, 5.41) is 8.61. The van der Waals surface area contributed by atoms with Gasteiger partial charge < -0.3 is 20.5 Å². The lowest BCUT2D eigenvalue weighted by Gasteiger charge is -2.34. The van der Waals surface area contributed by atoms with Gasteiger partial charge in [0.15, 0.2) is 0 Å². The maximum Gasteiger partial charge on any atom is 0.329 e. The van der Waals surface area contributed by atoms with Crippen LogP contribution in [0.15, 0.2) is 22.7 Å². The second kappa shape index (κ2) is 6.91. The van der Waals surface area contributed by atoms with Gasteiger partial charge in [-0.3, -0.25) is 4.79 Å². The third kappa shape index (κ3) is 3.95. The molecule has 0 radical (unpaired) electrons. The van der Waals surface area contributed by atoms with E-state index in [0.29, 0.717) is 23.1 Å². The molecule has 1 amide bonds. The Morgan fingerprint density at radius 3 is 2.62 bits per heavy atom. The summed E-state index contributed by atoms with van der Waals surface area (Å²) in [5.41, 5.74) is 6.72. The first kappa shape index (κ1) is 15.8. The third-order valence-corrected chi connectivity index (χ3v) is 4.12. The number of benzene rings is 1. The van der Waals surface area contributed by atoms with Crippen LogP contribution in [0.5, 0.6) is 0 Å². The number of ether oxygens (including phenoxy) is 1. The summed E-state index contributed by atoms with van der Waals surface area (Å²) in [6.07, 6.45) is 1.39. The molecule has 0 aromatic heterocycles. The van der Waals surface area contributed by atoms with Crippen molar-refractivity contribution >= 4 is 33.5 Å². The van der Waals surface area contributed by atoms with Crippen LogP contribution in [0.2, 0.25) is 0 Å². The molecule has 6 nitrogen and oxygen atoms in total. The van der Waals surface area contributed by atoms with Crippen molar-refractivity contribution in [2.24, 2.45) is 5.73 Å². The number of nitrogens with two attached hydrogens (primary N) is 1. The lowest BCUT2D eigenvalue weighted by atomic mass is 10.0. The van der Waals surface area contributed by atoms with Crippen LogP contribution in [0.25, 0.3) is 0 Å². The van der Waals surface area contributed by atoms with Gasteiger partial charge in [0.05, 0.1) is 17.4 Å². The van der Waals surface area contributed by atoms with E-state index in [2.05, 4.69) is 20.8 Å². The molecule has 1 fully saturated rings. The number of aliphatic carboxylic acids is 1. The van der Waals surface area contributed by atoms with Gasteiger partial charge in [0, 0.05) is 17.6 Å². The number of piperidine rings is 1. The molecule has 2 rings (SSSR count). The Labute approximate surface area is 131 Å². The molecule has 0 unspecified atom stereocenters. The van der Waals surface area contributed by atoms with Gasteiger partial charge in [-0.25, -0.2) is 4.79 Å². The number of halogens is 1. The van der Waals surface area contributed by atoms with Crippen molar-refractivity contribution < 1.29 is 19.4 Å². The molecule has 1 heterocycles. The largest absolute Gasteiger partial charge is 0.480 e. The normalized spacial score (nSPS) is 16.0. The third-order valence-electron chi connectivity index (χ3n) is 3.46. The molecule has 1 aromatic carbocycles. The first-order valence-corrected chi connectivity index (χ1v) is 7.45. The fraction of sp³-hybridized carbons (Fsp3) is 0.429. The quantitative estimate of drug-likeness (QED) is 0.835. The minimum Gasteiger partial charge on any atom is -0.480 e. The van der Waals surface area contributed by atoms with Crippen LogP contribution in [0, 0.1) is 0 Å². The van der Waals surface area contributed by atoms with Crippen molar-refractivity contribution in [3.05, 3.63) is 28.2 Å². The first-order chi connectivity index (χ1) is 9.99. The molecule has 1 aromatic rings.